The molecule has 2 N–H and O–H groups in total. The maximum absolute atomic E-state index is 12.9. The molecule has 3 rings (SSSR count). The van der Waals surface area contributed by atoms with Crippen LogP contribution in [-0.2, 0) is 6.18 Å². The molecule has 4 nitrogen and oxygen atoms in total. The maximum Gasteiger partial charge on any atom is 0.416 e. The van der Waals surface area contributed by atoms with Crippen LogP contribution in [0.25, 0.3) is 16.8 Å². The largest absolute Gasteiger partial charge is 0.416 e. The van der Waals surface area contributed by atoms with Gasteiger partial charge in [0.15, 0.2) is 5.69 Å². The van der Waals surface area contributed by atoms with Gasteiger partial charge in [0.25, 0.3) is 0 Å². The Kier molecular flexibility index (Phi) is 4.41. The van der Waals surface area contributed by atoms with E-state index in [2.05, 4.69) is 5.10 Å². The molecule has 2 aromatic heterocycles. The van der Waals surface area contributed by atoms with E-state index in [0.29, 0.717) is 11.1 Å². The van der Waals surface area contributed by atoms with E-state index in [0.717, 1.165) is 16.8 Å². The first-order valence-electron chi connectivity index (χ1n) is 6.61. The molecule has 0 saturated carbocycles. The summed E-state index contributed by atoms with van der Waals surface area (Å²) in [5, 5.41) is 16.4. The molecule has 0 aliphatic carbocycles. The number of thiophene rings is 1. The smallest absolute Gasteiger partial charge is 0.383 e. The number of nitrogens with two attached hydrogens (primary N) is 1. The molecule has 0 fully saturated rings. The maximum atomic E-state index is 12.9. The van der Waals surface area contributed by atoms with E-state index in [4.69, 9.17) is 28.9 Å². The van der Waals surface area contributed by atoms with Crippen molar-refractivity contribution in [1.29, 1.82) is 5.26 Å². The standard InChI is InChI=1S/C15H7Cl2F3N4S/c16-9-3-8(15(18,19)20)4-10(17)13(9)24-14(22)12(11(5-21)23-24)7-1-2-25-6-7/h1-4,6H,22H2. The summed E-state index contributed by atoms with van der Waals surface area (Å²) < 4.78 is 39.7. The van der Waals surface area contributed by atoms with Crippen LogP contribution in [0.5, 0.6) is 0 Å². The van der Waals surface area contributed by atoms with E-state index in [1.165, 1.54) is 11.3 Å². The Hall–Kier alpha value is -2.21. The van der Waals surface area contributed by atoms with Crippen molar-refractivity contribution in [1.82, 2.24) is 9.78 Å². The zero-order chi connectivity index (χ0) is 18.4. The number of halogens is 5. The van der Waals surface area contributed by atoms with Gasteiger partial charge in [0.2, 0.25) is 0 Å². The van der Waals surface area contributed by atoms with Crippen molar-refractivity contribution >= 4 is 40.4 Å². The van der Waals surface area contributed by atoms with Crippen LogP contribution in [0.2, 0.25) is 10.0 Å². The molecular formula is C15H7Cl2F3N4S. The molecule has 0 saturated heterocycles. The zero-order valence-corrected chi connectivity index (χ0v) is 14.4. The van der Waals surface area contributed by atoms with Gasteiger partial charge in [-0.05, 0) is 34.5 Å². The van der Waals surface area contributed by atoms with Crippen LogP contribution in [0.3, 0.4) is 0 Å². The highest BCUT2D eigenvalue weighted by Gasteiger charge is 2.33. The van der Waals surface area contributed by atoms with Crippen LogP contribution in [-0.4, -0.2) is 9.78 Å². The van der Waals surface area contributed by atoms with Gasteiger partial charge >= 0.3 is 6.18 Å². The molecule has 3 aromatic rings. The lowest BCUT2D eigenvalue weighted by Crippen LogP contribution is -2.08. The third-order valence-corrected chi connectivity index (χ3v) is 4.65. The molecule has 25 heavy (non-hydrogen) atoms. The average Bonchev–Trinajstić information content (AvgIpc) is 3.14. The van der Waals surface area contributed by atoms with Gasteiger partial charge in [-0.2, -0.15) is 34.9 Å². The normalized spacial score (nSPS) is 11.5. The van der Waals surface area contributed by atoms with Gasteiger partial charge in [-0.1, -0.05) is 23.2 Å². The fourth-order valence-corrected chi connectivity index (χ4v) is 3.60. The summed E-state index contributed by atoms with van der Waals surface area (Å²) >= 11 is 13.4. The van der Waals surface area contributed by atoms with Crippen molar-refractivity contribution in [2.45, 2.75) is 6.18 Å². The summed E-state index contributed by atoms with van der Waals surface area (Å²) in [6, 6.07) is 5.14. The number of hydrogen-bond donors (Lipinski definition) is 1. The van der Waals surface area contributed by atoms with Crippen LogP contribution >= 0.6 is 34.5 Å². The lowest BCUT2D eigenvalue weighted by molar-refractivity contribution is -0.137. The number of benzene rings is 1. The van der Waals surface area contributed by atoms with Crippen molar-refractivity contribution in [3.63, 3.8) is 0 Å². The summed E-state index contributed by atoms with van der Waals surface area (Å²) in [7, 11) is 0. The first kappa shape index (κ1) is 17.6. The van der Waals surface area contributed by atoms with Crippen molar-refractivity contribution in [3.8, 4) is 22.9 Å². The Balaban J connectivity index is 2.24. The highest BCUT2D eigenvalue weighted by atomic mass is 35.5. The van der Waals surface area contributed by atoms with Gasteiger partial charge in [0.05, 0.1) is 21.2 Å². The molecule has 0 spiro atoms. The highest BCUT2D eigenvalue weighted by Crippen LogP contribution is 2.40. The number of nitrogen functional groups attached to an aromatic ring is 1. The van der Waals surface area contributed by atoms with Crippen molar-refractivity contribution in [2.24, 2.45) is 0 Å². The fraction of sp³-hybridized carbons (Fsp3) is 0.0667. The number of anilines is 1. The summed E-state index contributed by atoms with van der Waals surface area (Å²) in [5.41, 5.74) is 6.13. The number of alkyl halides is 3. The average molecular weight is 403 g/mol. The minimum Gasteiger partial charge on any atom is -0.383 e. The molecule has 0 aliphatic heterocycles. The monoisotopic (exact) mass is 402 g/mol. The van der Waals surface area contributed by atoms with Crippen molar-refractivity contribution in [3.05, 3.63) is 50.3 Å². The van der Waals surface area contributed by atoms with Crippen LogP contribution < -0.4 is 5.73 Å². The van der Waals surface area contributed by atoms with E-state index in [-0.39, 0.29) is 27.2 Å². The predicted octanol–water partition coefficient (Wildman–Crippen LogP) is 5.38. The van der Waals surface area contributed by atoms with Crippen LogP contribution in [0.4, 0.5) is 19.0 Å². The summed E-state index contributed by atoms with van der Waals surface area (Å²) in [6.07, 6.45) is -4.60. The molecule has 0 amide bonds. The topological polar surface area (TPSA) is 67.6 Å². The van der Waals surface area contributed by atoms with E-state index < -0.39 is 11.7 Å². The SMILES string of the molecule is N#Cc1nn(-c2c(Cl)cc(C(F)(F)F)cc2Cl)c(N)c1-c1ccsc1. The zero-order valence-electron chi connectivity index (χ0n) is 12.1. The van der Waals surface area contributed by atoms with Crippen LogP contribution in [0.15, 0.2) is 29.0 Å². The molecule has 0 radical (unpaired) electrons. The molecular weight excluding hydrogens is 396 g/mol. The third kappa shape index (κ3) is 3.06. The van der Waals surface area contributed by atoms with E-state index in [1.54, 1.807) is 16.8 Å². The number of nitriles is 1. The lowest BCUT2D eigenvalue weighted by atomic mass is 10.1. The summed E-state index contributed by atoms with van der Waals surface area (Å²) in [5.74, 6) is 0.0542. The number of hydrogen-bond acceptors (Lipinski definition) is 4. The number of nitrogens with zero attached hydrogens (tertiary/aromatic N) is 3. The van der Waals surface area contributed by atoms with Crippen molar-refractivity contribution in [2.75, 3.05) is 5.73 Å². The van der Waals surface area contributed by atoms with Gasteiger partial charge in [0, 0.05) is 0 Å². The Morgan fingerprint density at radius 3 is 2.36 bits per heavy atom. The molecule has 10 heteroatoms. The molecule has 0 unspecified atom stereocenters. The molecule has 128 valence electrons. The Labute approximate surface area is 153 Å². The van der Waals surface area contributed by atoms with Gasteiger partial charge in [-0.25, -0.2) is 4.68 Å². The number of rotatable bonds is 2. The van der Waals surface area contributed by atoms with Crippen LogP contribution in [0, 0.1) is 11.3 Å². The van der Waals surface area contributed by atoms with Crippen molar-refractivity contribution < 1.29 is 13.2 Å². The van der Waals surface area contributed by atoms with E-state index >= 15 is 0 Å². The van der Waals surface area contributed by atoms with Crippen LogP contribution in [0.1, 0.15) is 11.3 Å². The minimum absolute atomic E-state index is 0.0166. The Morgan fingerprint density at radius 1 is 1.24 bits per heavy atom. The third-order valence-electron chi connectivity index (χ3n) is 3.39. The Bertz CT molecular complexity index is 965. The minimum atomic E-state index is -4.60. The molecule has 1 aromatic carbocycles. The fourth-order valence-electron chi connectivity index (χ4n) is 2.30. The van der Waals surface area contributed by atoms with Gasteiger partial charge < -0.3 is 5.73 Å². The first-order chi connectivity index (χ1) is 11.7. The molecule has 0 aliphatic rings. The summed E-state index contributed by atoms with van der Waals surface area (Å²) in [6.45, 7) is 0. The Morgan fingerprint density at radius 2 is 1.88 bits per heavy atom. The second-order valence-corrected chi connectivity index (χ2v) is 6.53. The lowest BCUT2D eigenvalue weighted by Gasteiger charge is -2.13. The van der Waals surface area contributed by atoms with Gasteiger partial charge in [0.1, 0.15) is 17.6 Å². The summed E-state index contributed by atoms with van der Waals surface area (Å²) in [4.78, 5) is 0. The van der Waals surface area contributed by atoms with E-state index in [9.17, 15) is 18.4 Å². The number of aromatic nitrogens is 2. The molecule has 0 atom stereocenters. The van der Waals surface area contributed by atoms with Gasteiger partial charge in [-0.3, -0.25) is 0 Å². The second kappa shape index (κ2) is 6.26. The second-order valence-electron chi connectivity index (χ2n) is 4.93. The molecule has 2 heterocycles. The van der Waals surface area contributed by atoms with E-state index in [1.807, 2.05) is 6.07 Å². The highest BCUT2D eigenvalue weighted by molar-refractivity contribution is 7.08. The quantitative estimate of drug-likeness (QED) is 0.625. The first-order valence-corrected chi connectivity index (χ1v) is 8.31. The predicted molar refractivity (Wildman–Crippen MR) is 91.0 cm³/mol. The van der Waals surface area contributed by atoms with Gasteiger partial charge in [-0.15, -0.1) is 0 Å². The molecule has 0 bridgehead atoms.